The Bertz CT molecular complexity index is 453. The maximum atomic E-state index is 10.0. The molecule has 2 atom stereocenters. The molecule has 0 spiro atoms. The van der Waals surface area contributed by atoms with Crippen LogP contribution in [-0.2, 0) is 4.74 Å². The van der Waals surface area contributed by atoms with Crippen molar-refractivity contribution in [3.8, 4) is 5.75 Å². The number of aliphatic hydroxyl groups excluding tert-OH is 1. The molecule has 0 amide bonds. The fourth-order valence-electron chi connectivity index (χ4n) is 2.52. The lowest BCUT2D eigenvalue weighted by molar-refractivity contribution is -0.0641. The minimum Gasteiger partial charge on any atom is -0.491 e. The number of rotatable bonds is 6. The number of nitrogens with one attached hydrogen (secondary N) is 1. The second-order valence-electron chi connectivity index (χ2n) is 6.13. The lowest BCUT2D eigenvalue weighted by atomic mass is 9.94. The predicted molar refractivity (Wildman–Crippen MR) is 86.7 cm³/mol. The summed E-state index contributed by atoms with van der Waals surface area (Å²) in [4.78, 5) is 0. The minimum absolute atomic E-state index is 0.0757. The first-order valence-corrected chi connectivity index (χ1v) is 8.18. The molecule has 2 unspecified atom stereocenters. The fourth-order valence-corrected chi connectivity index (χ4v) is 2.90. The van der Waals surface area contributed by atoms with Crippen LogP contribution in [0.25, 0.3) is 0 Å². The van der Waals surface area contributed by atoms with Gasteiger partial charge in [0.1, 0.15) is 18.5 Å². The number of hydrogen-bond acceptors (Lipinski definition) is 4. The van der Waals surface area contributed by atoms with E-state index in [1.54, 1.807) is 0 Å². The van der Waals surface area contributed by atoms with Crippen LogP contribution in [0, 0.1) is 0 Å². The molecule has 5 heteroatoms. The van der Waals surface area contributed by atoms with Crippen LogP contribution in [0.15, 0.2) is 28.7 Å². The van der Waals surface area contributed by atoms with Crippen molar-refractivity contribution >= 4 is 15.9 Å². The Balaban J connectivity index is 1.69. The Labute approximate surface area is 135 Å². The van der Waals surface area contributed by atoms with E-state index in [-0.39, 0.29) is 12.2 Å². The molecule has 1 fully saturated rings. The smallest absolute Gasteiger partial charge is 0.120 e. The molecule has 0 aromatic heterocycles. The van der Waals surface area contributed by atoms with Gasteiger partial charge >= 0.3 is 0 Å². The largest absolute Gasteiger partial charge is 0.491 e. The Morgan fingerprint density at radius 2 is 2.33 bits per heavy atom. The maximum Gasteiger partial charge on any atom is 0.120 e. The van der Waals surface area contributed by atoms with E-state index in [1.807, 2.05) is 24.3 Å². The van der Waals surface area contributed by atoms with Gasteiger partial charge in [0.15, 0.2) is 0 Å². The van der Waals surface area contributed by atoms with Crippen molar-refractivity contribution in [3.63, 3.8) is 0 Å². The summed E-state index contributed by atoms with van der Waals surface area (Å²) in [5.74, 6) is 0.760. The number of benzene rings is 1. The molecule has 1 aromatic rings. The molecule has 1 aliphatic heterocycles. The van der Waals surface area contributed by atoms with E-state index < -0.39 is 6.10 Å². The van der Waals surface area contributed by atoms with Crippen LogP contribution in [0.4, 0.5) is 0 Å². The van der Waals surface area contributed by atoms with E-state index in [2.05, 4.69) is 35.1 Å². The molecule has 0 saturated carbocycles. The van der Waals surface area contributed by atoms with Gasteiger partial charge in [0.2, 0.25) is 0 Å². The third-order valence-electron chi connectivity index (χ3n) is 3.58. The first kappa shape index (κ1) is 16.7. The molecule has 1 aliphatic rings. The molecule has 21 heavy (non-hydrogen) atoms. The zero-order valence-electron chi connectivity index (χ0n) is 12.6. The lowest BCUT2D eigenvalue weighted by Crippen LogP contribution is -2.46. The number of ether oxygens (including phenoxy) is 2. The number of halogens is 1. The molecule has 1 saturated heterocycles. The Kier molecular flexibility index (Phi) is 6.05. The Hall–Kier alpha value is -0.620. The molecule has 1 heterocycles. The second kappa shape index (κ2) is 7.58. The van der Waals surface area contributed by atoms with Crippen molar-refractivity contribution < 1.29 is 14.6 Å². The highest BCUT2D eigenvalue weighted by Crippen LogP contribution is 2.23. The van der Waals surface area contributed by atoms with E-state index >= 15 is 0 Å². The van der Waals surface area contributed by atoms with Gasteiger partial charge in [0.05, 0.1) is 5.60 Å². The molecule has 2 N–H and O–H groups in total. The molecule has 0 radical (unpaired) electrons. The van der Waals surface area contributed by atoms with E-state index in [0.717, 1.165) is 29.7 Å². The van der Waals surface area contributed by atoms with Crippen LogP contribution in [0.2, 0.25) is 0 Å². The van der Waals surface area contributed by atoms with E-state index in [0.29, 0.717) is 12.6 Å². The zero-order chi connectivity index (χ0) is 15.3. The van der Waals surface area contributed by atoms with Crippen LogP contribution < -0.4 is 10.1 Å². The van der Waals surface area contributed by atoms with Gasteiger partial charge in [0, 0.05) is 23.7 Å². The highest BCUT2D eigenvalue weighted by molar-refractivity contribution is 9.10. The highest BCUT2D eigenvalue weighted by Gasteiger charge is 2.28. The van der Waals surface area contributed by atoms with Crippen molar-refractivity contribution in [1.29, 1.82) is 0 Å². The van der Waals surface area contributed by atoms with Gasteiger partial charge in [-0.15, -0.1) is 0 Å². The quantitative estimate of drug-likeness (QED) is 0.821. The summed E-state index contributed by atoms with van der Waals surface area (Å²) in [7, 11) is 0. The molecule has 0 aliphatic carbocycles. The van der Waals surface area contributed by atoms with Crippen molar-refractivity contribution in [3.05, 3.63) is 28.7 Å². The SMILES string of the molecule is CC1(C)CC(NCC(O)COc2cccc(Br)c2)CCO1. The summed E-state index contributed by atoms with van der Waals surface area (Å²) < 4.78 is 12.2. The average molecular weight is 358 g/mol. The predicted octanol–water partition coefficient (Wildman–Crippen LogP) is 2.74. The second-order valence-corrected chi connectivity index (χ2v) is 7.04. The summed E-state index contributed by atoms with van der Waals surface area (Å²) in [6.07, 6.45) is 1.43. The summed E-state index contributed by atoms with van der Waals surface area (Å²) in [6.45, 7) is 5.81. The molecular formula is C16H24BrNO3. The third kappa shape index (κ3) is 5.94. The van der Waals surface area contributed by atoms with Gasteiger partial charge in [0.25, 0.3) is 0 Å². The first-order chi connectivity index (χ1) is 9.94. The topological polar surface area (TPSA) is 50.7 Å². The van der Waals surface area contributed by atoms with Gasteiger partial charge in [-0.3, -0.25) is 0 Å². The van der Waals surface area contributed by atoms with Crippen LogP contribution >= 0.6 is 15.9 Å². The monoisotopic (exact) mass is 357 g/mol. The minimum atomic E-state index is -0.519. The number of hydrogen-bond donors (Lipinski definition) is 2. The standard InChI is InChI=1S/C16H24BrNO3/c1-16(2)9-13(6-7-21-16)18-10-14(19)11-20-15-5-3-4-12(17)8-15/h3-5,8,13-14,18-19H,6-7,9-11H2,1-2H3. The van der Waals surface area contributed by atoms with Gasteiger partial charge in [-0.2, -0.15) is 0 Å². The summed E-state index contributed by atoms with van der Waals surface area (Å²) in [6, 6.07) is 8.02. The van der Waals surface area contributed by atoms with Crippen molar-refractivity contribution in [2.45, 2.75) is 44.4 Å². The summed E-state index contributed by atoms with van der Waals surface area (Å²) in [5, 5.41) is 13.4. The first-order valence-electron chi connectivity index (χ1n) is 7.38. The summed E-state index contributed by atoms with van der Waals surface area (Å²) in [5.41, 5.74) is -0.0757. The average Bonchev–Trinajstić information content (AvgIpc) is 2.42. The molecule has 1 aromatic carbocycles. The third-order valence-corrected chi connectivity index (χ3v) is 4.07. The highest BCUT2D eigenvalue weighted by atomic mass is 79.9. The normalized spacial score (nSPS) is 22.8. The fraction of sp³-hybridized carbons (Fsp3) is 0.625. The molecular weight excluding hydrogens is 334 g/mol. The van der Waals surface area contributed by atoms with Gasteiger partial charge < -0.3 is 19.9 Å². The molecule has 2 rings (SSSR count). The van der Waals surface area contributed by atoms with E-state index in [1.165, 1.54) is 0 Å². The maximum absolute atomic E-state index is 10.0. The van der Waals surface area contributed by atoms with Gasteiger partial charge in [-0.25, -0.2) is 0 Å². The molecule has 118 valence electrons. The van der Waals surface area contributed by atoms with E-state index in [4.69, 9.17) is 9.47 Å². The molecule has 0 bridgehead atoms. The van der Waals surface area contributed by atoms with Crippen LogP contribution in [-0.4, -0.2) is 42.6 Å². The van der Waals surface area contributed by atoms with Gasteiger partial charge in [-0.05, 0) is 44.9 Å². The van der Waals surface area contributed by atoms with Gasteiger partial charge in [-0.1, -0.05) is 22.0 Å². The van der Waals surface area contributed by atoms with E-state index in [9.17, 15) is 5.11 Å². The van der Waals surface area contributed by atoms with Crippen LogP contribution in [0.3, 0.4) is 0 Å². The Morgan fingerprint density at radius 1 is 1.52 bits per heavy atom. The van der Waals surface area contributed by atoms with Crippen LogP contribution in [0.5, 0.6) is 5.75 Å². The Morgan fingerprint density at radius 3 is 3.05 bits per heavy atom. The van der Waals surface area contributed by atoms with Crippen LogP contribution in [0.1, 0.15) is 26.7 Å². The number of aliphatic hydroxyl groups is 1. The van der Waals surface area contributed by atoms with Crippen molar-refractivity contribution in [2.24, 2.45) is 0 Å². The van der Waals surface area contributed by atoms with Crippen molar-refractivity contribution in [2.75, 3.05) is 19.8 Å². The summed E-state index contributed by atoms with van der Waals surface area (Å²) >= 11 is 3.40. The lowest BCUT2D eigenvalue weighted by Gasteiger charge is -2.36. The molecule has 4 nitrogen and oxygen atoms in total. The zero-order valence-corrected chi connectivity index (χ0v) is 14.2. The van der Waals surface area contributed by atoms with Crippen molar-refractivity contribution in [1.82, 2.24) is 5.32 Å².